The summed E-state index contributed by atoms with van der Waals surface area (Å²) in [7, 11) is 0. The van der Waals surface area contributed by atoms with Gasteiger partial charge in [-0.2, -0.15) is 0 Å². The molecule has 0 heterocycles. The quantitative estimate of drug-likeness (QED) is 0.861. The summed E-state index contributed by atoms with van der Waals surface area (Å²) in [6, 6.07) is 4.92. The molecular formula is C13H16ClNO2. The molecule has 4 heteroatoms. The Bertz CT molecular complexity index is 441. The Balaban J connectivity index is 2.12. The zero-order chi connectivity index (χ0) is 12.5. The normalized spacial score (nSPS) is 17.3. The molecule has 2 N–H and O–H groups in total. The van der Waals surface area contributed by atoms with Crippen molar-refractivity contribution in [3.8, 4) is 0 Å². The molecule has 2 rings (SSSR count). The Morgan fingerprint density at radius 3 is 2.76 bits per heavy atom. The topological polar surface area (TPSA) is 49.3 Å². The first-order valence-electron chi connectivity index (χ1n) is 5.77. The van der Waals surface area contributed by atoms with Gasteiger partial charge in [0.15, 0.2) is 0 Å². The number of nitrogens with one attached hydrogen (secondary N) is 1. The SMILES string of the molecule is CC1(CNc2ccc(Cl)cc2C(=O)O)CCC1. The van der Waals surface area contributed by atoms with Gasteiger partial charge in [0.1, 0.15) is 0 Å². The predicted molar refractivity (Wildman–Crippen MR) is 68.9 cm³/mol. The van der Waals surface area contributed by atoms with E-state index < -0.39 is 5.97 Å². The summed E-state index contributed by atoms with van der Waals surface area (Å²) in [5.41, 5.74) is 1.20. The Kier molecular flexibility index (Phi) is 3.29. The largest absolute Gasteiger partial charge is 0.478 e. The van der Waals surface area contributed by atoms with Gasteiger partial charge in [-0.05, 0) is 36.5 Å². The fourth-order valence-corrected chi connectivity index (χ4v) is 2.29. The highest BCUT2D eigenvalue weighted by Crippen LogP contribution is 2.40. The Labute approximate surface area is 106 Å². The number of hydrogen-bond acceptors (Lipinski definition) is 2. The van der Waals surface area contributed by atoms with Crippen LogP contribution in [0.15, 0.2) is 18.2 Å². The van der Waals surface area contributed by atoms with Crippen LogP contribution < -0.4 is 5.32 Å². The molecule has 3 nitrogen and oxygen atoms in total. The van der Waals surface area contributed by atoms with Crippen LogP contribution in [0, 0.1) is 5.41 Å². The highest BCUT2D eigenvalue weighted by atomic mass is 35.5. The van der Waals surface area contributed by atoms with E-state index in [0.717, 1.165) is 6.54 Å². The van der Waals surface area contributed by atoms with Crippen LogP contribution in [0.5, 0.6) is 0 Å². The van der Waals surface area contributed by atoms with E-state index in [9.17, 15) is 4.79 Å². The Hall–Kier alpha value is -1.22. The van der Waals surface area contributed by atoms with E-state index in [2.05, 4.69) is 12.2 Å². The lowest BCUT2D eigenvalue weighted by Crippen LogP contribution is -2.33. The van der Waals surface area contributed by atoms with Crippen LogP contribution >= 0.6 is 11.6 Å². The summed E-state index contributed by atoms with van der Waals surface area (Å²) >= 11 is 5.80. The van der Waals surface area contributed by atoms with Crippen molar-refractivity contribution in [1.82, 2.24) is 0 Å². The van der Waals surface area contributed by atoms with Gasteiger partial charge in [0.2, 0.25) is 0 Å². The van der Waals surface area contributed by atoms with E-state index in [0.29, 0.717) is 16.1 Å². The van der Waals surface area contributed by atoms with Crippen LogP contribution in [0.3, 0.4) is 0 Å². The smallest absolute Gasteiger partial charge is 0.337 e. The zero-order valence-corrected chi connectivity index (χ0v) is 10.5. The fraction of sp³-hybridized carbons (Fsp3) is 0.462. The molecule has 0 atom stereocenters. The first-order chi connectivity index (χ1) is 8.00. The molecule has 92 valence electrons. The lowest BCUT2D eigenvalue weighted by atomic mass is 9.70. The molecule has 1 aromatic carbocycles. The van der Waals surface area contributed by atoms with Crippen molar-refractivity contribution in [3.63, 3.8) is 0 Å². The standard InChI is InChI=1S/C13H16ClNO2/c1-13(5-2-6-13)8-15-11-4-3-9(14)7-10(11)12(16)17/h3-4,7,15H,2,5-6,8H2,1H3,(H,16,17). The van der Waals surface area contributed by atoms with Crippen molar-refractivity contribution in [2.24, 2.45) is 5.41 Å². The minimum atomic E-state index is -0.950. The van der Waals surface area contributed by atoms with E-state index in [1.54, 1.807) is 12.1 Å². The van der Waals surface area contributed by atoms with Gasteiger partial charge in [0.25, 0.3) is 0 Å². The number of aromatic carboxylic acids is 1. The van der Waals surface area contributed by atoms with Gasteiger partial charge in [-0.15, -0.1) is 0 Å². The van der Waals surface area contributed by atoms with Crippen LogP contribution in [-0.4, -0.2) is 17.6 Å². The van der Waals surface area contributed by atoms with Crippen LogP contribution in [0.2, 0.25) is 5.02 Å². The second-order valence-electron chi connectivity index (χ2n) is 5.01. The van der Waals surface area contributed by atoms with Crippen molar-refractivity contribution in [2.45, 2.75) is 26.2 Å². The number of hydrogen-bond donors (Lipinski definition) is 2. The van der Waals surface area contributed by atoms with E-state index in [1.165, 1.54) is 25.3 Å². The van der Waals surface area contributed by atoms with Crippen LogP contribution in [0.1, 0.15) is 36.5 Å². The lowest BCUT2D eigenvalue weighted by Gasteiger charge is -2.38. The molecule has 0 unspecified atom stereocenters. The monoisotopic (exact) mass is 253 g/mol. The van der Waals surface area contributed by atoms with Gasteiger partial charge in [-0.3, -0.25) is 0 Å². The first-order valence-corrected chi connectivity index (χ1v) is 6.15. The number of carbonyl (C=O) groups is 1. The summed E-state index contributed by atoms with van der Waals surface area (Å²) in [5.74, 6) is -0.950. The molecule has 0 aliphatic heterocycles. The van der Waals surface area contributed by atoms with Gasteiger partial charge >= 0.3 is 5.97 Å². The minimum Gasteiger partial charge on any atom is -0.478 e. The second-order valence-corrected chi connectivity index (χ2v) is 5.45. The number of carboxylic acid groups (broad SMARTS) is 1. The fourth-order valence-electron chi connectivity index (χ4n) is 2.11. The number of carboxylic acids is 1. The summed E-state index contributed by atoms with van der Waals surface area (Å²) in [6.45, 7) is 3.04. The number of rotatable bonds is 4. The van der Waals surface area contributed by atoms with Gasteiger partial charge in [-0.1, -0.05) is 24.9 Å². The molecule has 17 heavy (non-hydrogen) atoms. The maximum atomic E-state index is 11.1. The third kappa shape index (κ3) is 2.72. The molecule has 0 spiro atoms. The van der Waals surface area contributed by atoms with Gasteiger partial charge in [0, 0.05) is 17.3 Å². The third-order valence-electron chi connectivity index (χ3n) is 3.48. The van der Waals surface area contributed by atoms with Crippen LogP contribution in [0.4, 0.5) is 5.69 Å². The van der Waals surface area contributed by atoms with Crippen molar-refractivity contribution in [2.75, 3.05) is 11.9 Å². The highest BCUT2D eigenvalue weighted by molar-refractivity contribution is 6.31. The molecule has 0 bridgehead atoms. The Morgan fingerprint density at radius 1 is 1.53 bits per heavy atom. The summed E-state index contributed by atoms with van der Waals surface area (Å²) in [4.78, 5) is 11.1. The minimum absolute atomic E-state index is 0.237. The summed E-state index contributed by atoms with van der Waals surface area (Å²) in [5, 5.41) is 12.8. The van der Waals surface area contributed by atoms with E-state index in [-0.39, 0.29) is 5.56 Å². The predicted octanol–water partition coefficient (Wildman–Crippen LogP) is 3.64. The molecule has 1 aliphatic rings. The molecule has 1 aromatic rings. The van der Waals surface area contributed by atoms with Crippen LogP contribution in [-0.2, 0) is 0 Å². The van der Waals surface area contributed by atoms with Crippen LogP contribution in [0.25, 0.3) is 0 Å². The van der Waals surface area contributed by atoms with Crippen molar-refractivity contribution in [1.29, 1.82) is 0 Å². The van der Waals surface area contributed by atoms with Gasteiger partial charge < -0.3 is 10.4 Å². The molecule has 0 saturated heterocycles. The molecule has 0 aromatic heterocycles. The highest BCUT2D eigenvalue weighted by Gasteiger charge is 2.31. The van der Waals surface area contributed by atoms with Crippen molar-refractivity contribution in [3.05, 3.63) is 28.8 Å². The Morgan fingerprint density at radius 2 is 2.24 bits per heavy atom. The number of halogens is 1. The maximum absolute atomic E-state index is 11.1. The molecular weight excluding hydrogens is 238 g/mol. The first kappa shape index (κ1) is 12.2. The molecule has 1 saturated carbocycles. The van der Waals surface area contributed by atoms with Crippen molar-refractivity contribution < 1.29 is 9.90 Å². The molecule has 1 fully saturated rings. The third-order valence-corrected chi connectivity index (χ3v) is 3.71. The van der Waals surface area contributed by atoms with Gasteiger partial charge in [0.05, 0.1) is 5.56 Å². The zero-order valence-electron chi connectivity index (χ0n) is 9.79. The number of anilines is 1. The van der Waals surface area contributed by atoms with Gasteiger partial charge in [-0.25, -0.2) is 4.79 Å². The molecule has 1 aliphatic carbocycles. The lowest BCUT2D eigenvalue weighted by molar-refractivity contribution is 0.0697. The molecule has 0 radical (unpaired) electrons. The summed E-state index contributed by atoms with van der Waals surface area (Å²) < 4.78 is 0. The van der Waals surface area contributed by atoms with E-state index in [4.69, 9.17) is 16.7 Å². The average Bonchev–Trinajstić information content (AvgIpc) is 2.24. The maximum Gasteiger partial charge on any atom is 0.337 e. The second kappa shape index (κ2) is 4.57. The molecule has 0 amide bonds. The van der Waals surface area contributed by atoms with E-state index in [1.807, 2.05) is 0 Å². The average molecular weight is 254 g/mol. The number of benzene rings is 1. The van der Waals surface area contributed by atoms with E-state index >= 15 is 0 Å². The summed E-state index contributed by atoms with van der Waals surface area (Å²) in [6.07, 6.45) is 3.68. The van der Waals surface area contributed by atoms with Crippen molar-refractivity contribution >= 4 is 23.3 Å².